The summed E-state index contributed by atoms with van der Waals surface area (Å²) < 4.78 is 2.86. The number of amides is 2. The Morgan fingerprint density at radius 1 is 1.27 bits per heavy atom. The minimum atomic E-state index is -0.363. The first kappa shape index (κ1) is 16.9. The number of thiazole rings is 1. The standard InChI is InChI=1S/C19H20N4O2S/c1-22-10-4-7-14(22)18(25)21-17(24)12-23-11-5-8-15(23)19-20-13-6-2-3-9-16(13)26-19/h2-4,6-7,9-10,15H,5,8,11-12H2,1H3,(H,21,24,25)/t15-/m0/s1. The summed E-state index contributed by atoms with van der Waals surface area (Å²) in [4.78, 5) is 31.4. The van der Waals surface area contributed by atoms with Crippen molar-refractivity contribution < 1.29 is 9.59 Å². The van der Waals surface area contributed by atoms with Crippen LogP contribution in [0.25, 0.3) is 10.2 Å². The molecule has 1 aliphatic rings. The molecule has 3 aromatic rings. The molecule has 0 unspecified atom stereocenters. The number of aryl methyl sites for hydroxylation is 1. The molecule has 3 heterocycles. The van der Waals surface area contributed by atoms with Gasteiger partial charge in [-0.15, -0.1) is 11.3 Å². The van der Waals surface area contributed by atoms with Crippen LogP contribution >= 0.6 is 11.3 Å². The fourth-order valence-electron chi connectivity index (χ4n) is 3.44. The van der Waals surface area contributed by atoms with Crippen LogP contribution in [-0.4, -0.2) is 39.4 Å². The minimum absolute atomic E-state index is 0.142. The number of carbonyl (C=O) groups excluding carboxylic acids is 2. The molecule has 0 radical (unpaired) electrons. The Kier molecular flexibility index (Phi) is 4.57. The summed E-state index contributed by atoms with van der Waals surface area (Å²) >= 11 is 1.68. The monoisotopic (exact) mass is 368 g/mol. The van der Waals surface area contributed by atoms with Gasteiger partial charge in [0, 0.05) is 13.2 Å². The first-order chi connectivity index (χ1) is 12.6. The number of hydrogen-bond donors (Lipinski definition) is 1. The molecule has 0 spiro atoms. The van der Waals surface area contributed by atoms with Crippen molar-refractivity contribution in [2.75, 3.05) is 13.1 Å². The molecule has 2 aromatic heterocycles. The van der Waals surface area contributed by atoms with Crippen LogP contribution in [0, 0.1) is 0 Å². The van der Waals surface area contributed by atoms with Gasteiger partial charge in [-0.1, -0.05) is 12.1 Å². The van der Waals surface area contributed by atoms with Crippen LogP contribution in [0.5, 0.6) is 0 Å². The summed E-state index contributed by atoms with van der Waals surface area (Å²) in [5, 5.41) is 3.54. The molecule has 7 heteroatoms. The Balaban J connectivity index is 1.44. The number of benzene rings is 1. The van der Waals surface area contributed by atoms with Crippen LogP contribution in [-0.2, 0) is 11.8 Å². The van der Waals surface area contributed by atoms with Crippen LogP contribution in [0.4, 0.5) is 0 Å². The van der Waals surface area contributed by atoms with Crippen molar-refractivity contribution in [1.82, 2.24) is 19.8 Å². The van der Waals surface area contributed by atoms with Crippen LogP contribution in [0.15, 0.2) is 42.6 Å². The molecule has 1 fully saturated rings. The fourth-order valence-corrected chi connectivity index (χ4v) is 4.58. The van der Waals surface area contributed by atoms with Gasteiger partial charge in [0.2, 0.25) is 5.91 Å². The number of fused-ring (bicyclic) bond motifs is 1. The van der Waals surface area contributed by atoms with Crippen molar-refractivity contribution in [2.24, 2.45) is 7.05 Å². The lowest BCUT2D eigenvalue weighted by Crippen LogP contribution is -2.40. The van der Waals surface area contributed by atoms with Gasteiger partial charge in [-0.3, -0.25) is 19.8 Å². The van der Waals surface area contributed by atoms with Gasteiger partial charge in [-0.25, -0.2) is 4.98 Å². The molecule has 0 aliphatic carbocycles. The van der Waals surface area contributed by atoms with E-state index in [4.69, 9.17) is 4.98 Å². The molecule has 1 aromatic carbocycles. The van der Waals surface area contributed by atoms with E-state index in [0.29, 0.717) is 5.69 Å². The summed E-state index contributed by atoms with van der Waals surface area (Å²) in [6.07, 6.45) is 3.79. The zero-order valence-corrected chi connectivity index (χ0v) is 15.3. The Hall–Kier alpha value is -2.51. The number of aromatic nitrogens is 2. The summed E-state index contributed by atoms with van der Waals surface area (Å²) in [6, 6.07) is 11.7. The summed E-state index contributed by atoms with van der Waals surface area (Å²) in [7, 11) is 1.78. The smallest absolute Gasteiger partial charge is 0.274 e. The van der Waals surface area contributed by atoms with E-state index in [9.17, 15) is 9.59 Å². The third kappa shape index (κ3) is 3.27. The fraction of sp³-hybridized carbons (Fsp3) is 0.316. The molecule has 26 heavy (non-hydrogen) atoms. The first-order valence-corrected chi connectivity index (χ1v) is 9.48. The lowest BCUT2D eigenvalue weighted by molar-refractivity contribution is -0.121. The van der Waals surface area contributed by atoms with Gasteiger partial charge in [0.15, 0.2) is 0 Å². The van der Waals surface area contributed by atoms with Gasteiger partial charge < -0.3 is 4.57 Å². The average Bonchev–Trinajstić information content (AvgIpc) is 3.32. The van der Waals surface area contributed by atoms with Crippen molar-refractivity contribution in [1.29, 1.82) is 0 Å². The summed E-state index contributed by atoms with van der Waals surface area (Å²) in [6.45, 7) is 1.04. The van der Waals surface area contributed by atoms with E-state index >= 15 is 0 Å². The summed E-state index contributed by atoms with van der Waals surface area (Å²) in [5.74, 6) is -0.637. The van der Waals surface area contributed by atoms with Crippen LogP contribution in [0.2, 0.25) is 0 Å². The number of carbonyl (C=O) groups is 2. The highest BCUT2D eigenvalue weighted by Crippen LogP contribution is 2.36. The molecular formula is C19H20N4O2S. The molecule has 0 bridgehead atoms. The van der Waals surface area contributed by atoms with E-state index in [1.165, 1.54) is 0 Å². The Bertz CT molecular complexity index is 928. The van der Waals surface area contributed by atoms with E-state index in [1.54, 1.807) is 41.3 Å². The number of imide groups is 1. The van der Waals surface area contributed by atoms with Crippen LogP contribution in [0.3, 0.4) is 0 Å². The second-order valence-corrected chi connectivity index (χ2v) is 7.59. The quantitative estimate of drug-likeness (QED) is 0.769. The minimum Gasteiger partial charge on any atom is -0.347 e. The lowest BCUT2D eigenvalue weighted by atomic mass is 10.2. The van der Waals surface area contributed by atoms with Crippen molar-refractivity contribution >= 4 is 33.4 Å². The zero-order valence-electron chi connectivity index (χ0n) is 14.5. The lowest BCUT2D eigenvalue weighted by Gasteiger charge is -2.21. The number of likely N-dealkylation sites (tertiary alicyclic amines) is 1. The molecule has 1 N–H and O–H groups in total. The van der Waals surface area contributed by atoms with Gasteiger partial charge in [0.25, 0.3) is 5.91 Å². The van der Waals surface area contributed by atoms with E-state index in [2.05, 4.69) is 16.3 Å². The van der Waals surface area contributed by atoms with Gasteiger partial charge in [-0.05, 0) is 43.7 Å². The van der Waals surface area contributed by atoms with Crippen LogP contribution < -0.4 is 5.32 Å². The highest BCUT2D eigenvalue weighted by molar-refractivity contribution is 7.18. The molecule has 1 atom stereocenters. The van der Waals surface area contributed by atoms with E-state index in [0.717, 1.165) is 34.6 Å². The Morgan fingerprint density at radius 2 is 2.12 bits per heavy atom. The van der Waals surface area contributed by atoms with Crippen molar-refractivity contribution in [3.8, 4) is 0 Å². The van der Waals surface area contributed by atoms with Crippen molar-refractivity contribution in [3.63, 3.8) is 0 Å². The number of para-hydroxylation sites is 1. The number of nitrogens with zero attached hydrogens (tertiary/aromatic N) is 3. The van der Waals surface area contributed by atoms with Crippen molar-refractivity contribution in [2.45, 2.75) is 18.9 Å². The SMILES string of the molecule is Cn1cccc1C(=O)NC(=O)CN1CCC[C@H]1c1nc2ccccc2s1. The molecule has 2 amide bonds. The molecule has 0 saturated carbocycles. The second-order valence-electron chi connectivity index (χ2n) is 6.53. The molecular weight excluding hydrogens is 348 g/mol. The highest BCUT2D eigenvalue weighted by Gasteiger charge is 2.30. The predicted molar refractivity (Wildman–Crippen MR) is 101 cm³/mol. The van der Waals surface area contributed by atoms with Gasteiger partial charge in [-0.2, -0.15) is 0 Å². The molecule has 4 rings (SSSR count). The Morgan fingerprint density at radius 3 is 2.88 bits per heavy atom. The molecule has 1 saturated heterocycles. The maximum Gasteiger partial charge on any atom is 0.274 e. The van der Waals surface area contributed by atoms with Gasteiger partial charge in [0.1, 0.15) is 10.7 Å². The maximum atomic E-state index is 12.4. The number of hydrogen-bond acceptors (Lipinski definition) is 5. The van der Waals surface area contributed by atoms with Gasteiger partial charge in [0.05, 0.1) is 22.8 Å². The highest BCUT2D eigenvalue weighted by atomic mass is 32.1. The number of rotatable bonds is 4. The molecule has 6 nitrogen and oxygen atoms in total. The van der Waals surface area contributed by atoms with E-state index < -0.39 is 0 Å². The Labute approximate surface area is 155 Å². The molecule has 1 aliphatic heterocycles. The third-order valence-electron chi connectivity index (χ3n) is 4.74. The molecule has 134 valence electrons. The topological polar surface area (TPSA) is 67.2 Å². The van der Waals surface area contributed by atoms with Crippen LogP contribution in [0.1, 0.15) is 34.4 Å². The van der Waals surface area contributed by atoms with E-state index in [-0.39, 0.29) is 24.4 Å². The predicted octanol–water partition coefficient (Wildman–Crippen LogP) is 2.73. The largest absolute Gasteiger partial charge is 0.347 e. The third-order valence-corrected chi connectivity index (χ3v) is 5.87. The van der Waals surface area contributed by atoms with Gasteiger partial charge >= 0.3 is 0 Å². The maximum absolute atomic E-state index is 12.4. The zero-order chi connectivity index (χ0) is 18.1. The number of nitrogens with one attached hydrogen (secondary N) is 1. The van der Waals surface area contributed by atoms with Crippen molar-refractivity contribution in [3.05, 3.63) is 53.3 Å². The average molecular weight is 368 g/mol. The second kappa shape index (κ2) is 7.01. The first-order valence-electron chi connectivity index (χ1n) is 8.67. The van der Waals surface area contributed by atoms with E-state index in [1.807, 2.05) is 18.2 Å². The normalized spacial score (nSPS) is 17.7. The summed E-state index contributed by atoms with van der Waals surface area (Å²) in [5.41, 5.74) is 1.48.